The number of aromatic hydroxyl groups is 1. The minimum Gasteiger partial charge on any atom is -0.506 e. The molecule has 6 heteroatoms. The van der Waals surface area contributed by atoms with Crippen LogP contribution in [-0.4, -0.2) is 16.7 Å². The Morgan fingerprint density at radius 2 is 1.78 bits per heavy atom. The number of hydrogen-bond acceptors (Lipinski definition) is 4. The maximum Gasteiger partial charge on any atom is 0.180 e. The average Bonchev–Trinajstić information content (AvgIpc) is 2.94. The molecule has 1 heterocycles. The summed E-state index contributed by atoms with van der Waals surface area (Å²) in [6.07, 6.45) is -0.350. The minimum atomic E-state index is -0.519. The lowest BCUT2D eigenvalue weighted by Gasteiger charge is -2.05. The number of Topliss-reactive ketones (excluding diaryl/α,β-unsaturated/α-hetero) is 2. The minimum absolute atomic E-state index is 0.0184. The Morgan fingerprint density at radius 3 is 2.52 bits per heavy atom. The molecule has 0 aliphatic rings. The van der Waals surface area contributed by atoms with E-state index in [0.29, 0.717) is 4.88 Å². The molecule has 0 spiro atoms. The number of carbonyl (C=O) groups is 2. The van der Waals surface area contributed by atoms with Crippen molar-refractivity contribution >= 4 is 56.2 Å². The molecule has 0 amide bonds. The fourth-order valence-electron chi connectivity index (χ4n) is 2.23. The summed E-state index contributed by atoms with van der Waals surface area (Å²) in [5.41, 5.74) is -0.0445. The van der Waals surface area contributed by atoms with E-state index in [1.54, 1.807) is 6.07 Å². The number of phenols is 1. The van der Waals surface area contributed by atoms with Gasteiger partial charge in [-0.15, -0.1) is 11.3 Å². The quantitative estimate of drug-likeness (QED) is 0.500. The van der Waals surface area contributed by atoms with Gasteiger partial charge in [-0.05, 0) is 29.7 Å². The van der Waals surface area contributed by atoms with Crippen molar-refractivity contribution in [3.63, 3.8) is 0 Å². The Bertz CT molecular complexity index is 898. The molecule has 0 aliphatic heterocycles. The molecule has 0 bridgehead atoms. The van der Waals surface area contributed by atoms with E-state index in [1.165, 1.54) is 23.5 Å². The van der Waals surface area contributed by atoms with E-state index in [2.05, 4.69) is 0 Å². The van der Waals surface area contributed by atoms with Gasteiger partial charge in [0.2, 0.25) is 0 Å². The van der Waals surface area contributed by atoms with Gasteiger partial charge in [0.05, 0.1) is 21.9 Å². The normalized spacial score (nSPS) is 10.9. The first kappa shape index (κ1) is 16.0. The van der Waals surface area contributed by atoms with Crippen LogP contribution in [0.2, 0.25) is 10.0 Å². The predicted octanol–water partition coefficient (Wildman–Crippen LogP) is 5.37. The van der Waals surface area contributed by atoms with Crippen molar-refractivity contribution in [1.82, 2.24) is 0 Å². The van der Waals surface area contributed by atoms with Crippen molar-refractivity contribution < 1.29 is 14.7 Å². The van der Waals surface area contributed by atoms with Gasteiger partial charge >= 0.3 is 0 Å². The highest BCUT2D eigenvalue weighted by Crippen LogP contribution is 2.32. The fraction of sp³-hybridized carbons (Fsp3) is 0.0588. The maximum atomic E-state index is 12.3. The topological polar surface area (TPSA) is 54.4 Å². The summed E-state index contributed by atoms with van der Waals surface area (Å²) in [4.78, 5) is 25.1. The molecule has 0 aliphatic carbocycles. The number of fused-ring (bicyclic) bond motifs is 1. The van der Waals surface area contributed by atoms with E-state index < -0.39 is 5.78 Å². The summed E-state index contributed by atoms with van der Waals surface area (Å²) in [7, 11) is 0. The van der Waals surface area contributed by atoms with Gasteiger partial charge in [0.25, 0.3) is 0 Å². The van der Waals surface area contributed by atoms with Crippen molar-refractivity contribution in [3.05, 3.63) is 63.0 Å². The van der Waals surface area contributed by atoms with Crippen molar-refractivity contribution in [2.24, 2.45) is 0 Å². The van der Waals surface area contributed by atoms with Gasteiger partial charge in [-0.1, -0.05) is 41.4 Å². The molecule has 3 aromatic rings. The largest absolute Gasteiger partial charge is 0.506 e. The summed E-state index contributed by atoms with van der Waals surface area (Å²) in [5.74, 6) is -1.17. The second-order valence-corrected chi connectivity index (χ2v) is 6.88. The molecule has 3 rings (SSSR count). The third-order valence-electron chi connectivity index (χ3n) is 3.35. The smallest absolute Gasteiger partial charge is 0.180 e. The van der Waals surface area contributed by atoms with Gasteiger partial charge in [-0.3, -0.25) is 9.59 Å². The summed E-state index contributed by atoms with van der Waals surface area (Å²) >= 11 is 13.0. The monoisotopic (exact) mass is 364 g/mol. The van der Waals surface area contributed by atoms with Crippen LogP contribution in [0, 0.1) is 0 Å². The molecule has 23 heavy (non-hydrogen) atoms. The summed E-state index contributed by atoms with van der Waals surface area (Å²) in [6, 6.07) is 12.0. The van der Waals surface area contributed by atoms with E-state index in [4.69, 9.17) is 23.2 Å². The Morgan fingerprint density at radius 1 is 1.04 bits per heavy atom. The van der Waals surface area contributed by atoms with Crippen LogP contribution in [0.25, 0.3) is 10.1 Å². The molecule has 0 fully saturated rings. The predicted molar refractivity (Wildman–Crippen MR) is 93.2 cm³/mol. The van der Waals surface area contributed by atoms with Gasteiger partial charge in [0.15, 0.2) is 11.6 Å². The zero-order valence-corrected chi connectivity index (χ0v) is 14.0. The highest BCUT2D eigenvalue weighted by molar-refractivity contribution is 7.20. The van der Waals surface area contributed by atoms with E-state index in [0.717, 1.165) is 10.1 Å². The van der Waals surface area contributed by atoms with Crippen molar-refractivity contribution in [2.75, 3.05) is 0 Å². The number of halogens is 2. The number of hydrogen-bond donors (Lipinski definition) is 1. The molecular weight excluding hydrogens is 355 g/mol. The fourth-order valence-corrected chi connectivity index (χ4v) is 3.72. The Hall–Kier alpha value is -1.88. The lowest BCUT2D eigenvalue weighted by Crippen LogP contribution is -2.08. The van der Waals surface area contributed by atoms with Crippen LogP contribution >= 0.6 is 34.5 Å². The third-order valence-corrected chi connectivity index (χ3v) is 5.01. The number of thiophene rings is 1. The van der Waals surface area contributed by atoms with Crippen LogP contribution in [0.1, 0.15) is 26.5 Å². The molecule has 116 valence electrons. The van der Waals surface area contributed by atoms with Gasteiger partial charge in [-0.2, -0.15) is 0 Å². The number of rotatable bonds is 4. The highest BCUT2D eigenvalue weighted by atomic mass is 35.5. The van der Waals surface area contributed by atoms with E-state index >= 15 is 0 Å². The SMILES string of the molecule is O=C(CC(=O)c1cc(Cl)cc(Cl)c1O)c1cc2ccccc2s1. The van der Waals surface area contributed by atoms with E-state index in [-0.39, 0.29) is 33.6 Å². The van der Waals surface area contributed by atoms with Gasteiger partial charge in [0, 0.05) is 9.72 Å². The molecule has 0 saturated carbocycles. The molecule has 2 aromatic carbocycles. The van der Waals surface area contributed by atoms with Crippen LogP contribution in [0.15, 0.2) is 42.5 Å². The zero-order chi connectivity index (χ0) is 16.6. The molecule has 0 atom stereocenters. The Labute approximate surface area is 146 Å². The summed E-state index contributed by atoms with van der Waals surface area (Å²) < 4.78 is 0.983. The number of phenolic OH excluding ortho intramolecular Hbond substituents is 1. The van der Waals surface area contributed by atoms with Crippen LogP contribution < -0.4 is 0 Å². The lowest BCUT2D eigenvalue weighted by atomic mass is 10.0. The van der Waals surface area contributed by atoms with Crippen LogP contribution in [0.5, 0.6) is 5.75 Å². The Kier molecular flexibility index (Phi) is 4.39. The van der Waals surface area contributed by atoms with Crippen LogP contribution in [-0.2, 0) is 0 Å². The summed E-state index contributed by atoms with van der Waals surface area (Å²) in [6.45, 7) is 0. The third kappa shape index (κ3) is 3.24. The number of ketones is 2. The number of carbonyl (C=O) groups excluding carboxylic acids is 2. The van der Waals surface area contributed by atoms with Crippen LogP contribution in [0.3, 0.4) is 0 Å². The summed E-state index contributed by atoms with van der Waals surface area (Å²) in [5, 5.41) is 11.0. The lowest BCUT2D eigenvalue weighted by molar-refractivity contribution is 0.0895. The molecule has 0 saturated heterocycles. The van der Waals surface area contributed by atoms with Crippen molar-refractivity contribution in [3.8, 4) is 5.75 Å². The first-order valence-corrected chi connectivity index (χ1v) is 8.26. The van der Waals surface area contributed by atoms with E-state index in [1.807, 2.05) is 24.3 Å². The Balaban J connectivity index is 1.86. The van der Waals surface area contributed by atoms with Crippen molar-refractivity contribution in [1.29, 1.82) is 0 Å². The van der Waals surface area contributed by atoms with Gasteiger partial charge < -0.3 is 5.11 Å². The zero-order valence-electron chi connectivity index (χ0n) is 11.7. The molecule has 1 N–H and O–H groups in total. The first-order chi connectivity index (χ1) is 11.0. The van der Waals surface area contributed by atoms with E-state index in [9.17, 15) is 14.7 Å². The molecule has 1 aromatic heterocycles. The van der Waals surface area contributed by atoms with Crippen molar-refractivity contribution in [2.45, 2.75) is 6.42 Å². The molecule has 3 nitrogen and oxygen atoms in total. The molecule has 0 unspecified atom stereocenters. The molecular formula is C17H10Cl2O3S. The number of benzene rings is 2. The second-order valence-electron chi connectivity index (χ2n) is 4.96. The molecule has 0 radical (unpaired) electrons. The highest BCUT2D eigenvalue weighted by Gasteiger charge is 2.20. The second kappa shape index (κ2) is 6.32. The van der Waals surface area contributed by atoms with Gasteiger partial charge in [-0.25, -0.2) is 0 Å². The van der Waals surface area contributed by atoms with Gasteiger partial charge in [0.1, 0.15) is 5.75 Å². The standard InChI is InChI=1S/C17H10Cl2O3S/c18-10-6-11(17(22)12(19)7-10)13(20)8-14(21)16-5-9-3-1-2-4-15(9)23-16/h1-7,22H,8H2. The maximum absolute atomic E-state index is 12.3. The first-order valence-electron chi connectivity index (χ1n) is 6.68. The van der Waals surface area contributed by atoms with Crippen LogP contribution in [0.4, 0.5) is 0 Å². The average molecular weight is 365 g/mol.